The second-order valence-electron chi connectivity index (χ2n) is 4.61. The van der Waals surface area contributed by atoms with E-state index in [4.69, 9.17) is 11.6 Å². The van der Waals surface area contributed by atoms with Gasteiger partial charge in [0.05, 0.1) is 10.9 Å². The van der Waals surface area contributed by atoms with Crippen molar-refractivity contribution >= 4 is 28.8 Å². The van der Waals surface area contributed by atoms with Gasteiger partial charge in [0, 0.05) is 17.8 Å². The number of hydrogen-bond donors (Lipinski definition) is 1. The van der Waals surface area contributed by atoms with E-state index in [-0.39, 0.29) is 11.8 Å². The lowest BCUT2D eigenvalue weighted by Crippen LogP contribution is -2.49. The fraction of sp³-hybridized carbons (Fsp3) is 0.583. The number of nitrogens with one attached hydrogen (secondary N) is 1. The van der Waals surface area contributed by atoms with E-state index in [0.717, 1.165) is 22.3 Å². The summed E-state index contributed by atoms with van der Waals surface area (Å²) in [6, 6.07) is 3.85. The van der Waals surface area contributed by atoms with Crippen molar-refractivity contribution in [2.45, 2.75) is 13.5 Å². The Morgan fingerprint density at radius 3 is 2.82 bits per heavy atom. The van der Waals surface area contributed by atoms with E-state index in [1.807, 2.05) is 26.1 Å². The summed E-state index contributed by atoms with van der Waals surface area (Å²) in [7, 11) is 1.86. The van der Waals surface area contributed by atoms with Crippen molar-refractivity contribution in [2.75, 3.05) is 20.1 Å². The highest BCUT2D eigenvalue weighted by atomic mass is 35.5. The Kier molecular flexibility index (Phi) is 4.07. The van der Waals surface area contributed by atoms with Crippen LogP contribution >= 0.6 is 22.9 Å². The minimum Gasteiger partial charge on any atom is -0.340 e. The highest BCUT2D eigenvalue weighted by Gasteiger charge is 2.30. The van der Waals surface area contributed by atoms with Crippen LogP contribution in [0.4, 0.5) is 0 Å². The van der Waals surface area contributed by atoms with E-state index in [0.29, 0.717) is 12.5 Å². The molecule has 3 nitrogen and oxygen atoms in total. The maximum absolute atomic E-state index is 12.2. The van der Waals surface area contributed by atoms with Gasteiger partial charge in [-0.3, -0.25) is 4.79 Å². The Hall–Kier alpha value is -0.580. The molecule has 1 unspecified atom stereocenters. The molecular weight excluding hydrogens is 256 g/mol. The van der Waals surface area contributed by atoms with Crippen LogP contribution in [0.25, 0.3) is 0 Å². The van der Waals surface area contributed by atoms with Crippen molar-refractivity contribution in [1.29, 1.82) is 0 Å². The van der Waals surface area contributed by atoms with E-state index >= 15 is 0 Å². The second-order valence-corrected chi connectivity index (χ2v) is 6.41. The Morgan fingerprint density at radius 1 is 1.65 bits per heavy atom. The fourth-order valence-electron chi connectivity index (χ4n) is 1.96. The number of thiophene rings is 1. The van der Waals surface area contributed by atoms with Gasteiger partial charge in [-0.25, -0.2) is 0 Å². The van der Waals surface area contributed by atoms with E-state index < -0.39 is 0 Å². The third kappa shape index (κ3) is 3.00. The summed E-state index contributed by atoms with van der Waals surface area (Å²) in [5.74, 6) is 0.828. The molecule has 1 fully saturated rings. The van der Waals surface area contributed by atoms with Crippen molar-refractivity contribution in [3.63, 3.8) is 0 Å². The van der Waals surface area contributed by atoms with Crippen LogP contribution in [0, 0.1) is 11.8 Å². The number of hydrogen-bond acceptors (Lipinski definition) is 3. The molecule has 5 heteroatoms. The molecule has 1 saturated heterocycles. The number of nitrogens with zero attached hydrogens (tertiary/aromatic N) is 1. The molecular formula is C12H17ClN2OS. The minimum atomic E-state index is 0.108. The molecule has 0 bridgehead atoms. The summed E-state index contributed by atoms with van der Waals surface area (Å²) in [5.41, 5.74) is 0. The van der Waals surface area contributed by atoms with Gasteiger partial charge in [0.25, 0.3) is 0 Å². The molecule has 2 rings (SSSR count). The number of carbonyl (C=O) groups excluding carboxylic acids is 1. The summed E-state index contributed by atoms with van der Waals surface area (Å²) in [6.45, 7) is 4.60. The molecule has 94 valence electrons. The molecule has 1 aliphatic heterocycles. The van der Waals surface area contributed by atoms with Crippen LogP contribution in [-0.2, 0) is 11.3 Å². The van der Waals surface area contributed by atoms with Crippen LogP contribution in [0.3, 0.4) is 0 Å². The van der Waals surface area contributed by atoms with Crippen LogP contribution in [0.1, 0.15) is 11.8 Å². The van der Waals surface area contributed by atoms with Gasteiger partial charge >= 0.3 is 0 Å². The Morgan fingerprint density at radius 2 is 2.35 bits per heavy atom. The molecule has 0 spiro atoms. The zero-order chi connectivity index (χ0) is 12.4. The molecule has 0 aliphatic carbocycles. The summed E-state index contributed by atoms with van der Waals surface area (Å²) < 4.78 is 0.775. The minimum absolute atomic E-state index is 0.108. The molecule has 17 heavy (non-hydrogen) atoms. The first-order valence-corrected chi connectivity index (χ1v) is 6.97. The van der Waals surface area contributed by atoms with Gasteiger partial charge in [-0.2, -0.15) is 0 Å². The lowest BCUT2D eigenvalue weighted by atomic mass is 9.88. The molecule has 0 aromatic carbocycles. The molecule has 1 amide bonds. The number of amides is 1. The zero-order valence-electron chi connectivity index (χ0n) is 10.1. The van der Waals surface area contributed by atoms with Crippen LogP contribution in [0.15, 0.2) is 12.1 Å². The second kappa shape index (κ2) is 5.38. The zero-order valence-corrected chi connectivity index (χ0v) is 11.6. The van der Waals surface area contributed by atoms with Gasteiger partial charge < -0.3 is 10.2 Å². The molecule has 0 saturated carbocycles. The fourth-order valence-corrected chi connectivity index (χ4v) is 3.10. The predicted molar refractivity (Wildman–Crippen MR) is 71.3 cm³/mol. The summed E-state index contributed by atoms with van der Waals surface area (Å²) in [5, 5.41) is 3.20. The highest BCUT2D eigenvalue weighted by Crippen LogP contribution is 2.24. The first kappa shape index (κ1) is 12.9. The first-order chi connectivity index (χ1) is 8.08. The lowest BCUT2D eigenvalue weighted by molar-refractivity contribution is -0.136. The standard InChI is InChI=1S/C12H17ClN2OS/c1-8(9-5-14-6-9)12(16)15(2)7-10-3-4-11(13)17-10/h3-4,8-9,14H,5-7H2,1-2H3. The maximum atomic E-state index is 12.2. The SMILES string of the molecule is CC(C(=O)N(C)Cc1ccc(Cl)s1)C1CNC1. The third-order valence-electron chi connectivity index (χ3n) is 3.31. The van der Waals surface area contributed by atoms with Gasteiger partial charge in [0.2, 0.25) is 5.91 Å². The average Bonchev–Trinajstić information content (AvgIpc) is 2.60. The van der Waals surface area contributed by atoms with E-state index in [1.54, 1.807) is 4.90 Å². The summed E-state index contributed by atoms with van der Waals surface area (Å²) in [4.78, 5) is 15.1. The van der Waals surface area contributed by atoms with Crippen LogP contribution in [0.2, 0.25) is 4.34 Å². The third-order valence-corrected chi connectivity index (χ3v) is 4.52. The quantitative estimate of drug-likeness (QED) is 0.912. The Bertz CT molecular complexity index is 403. The van der Waals surface area contributed by atoms with Crippen molar-refractivity contribution in [1.82, 2.24) is 10.2 Å². The summed E-state index contributed by atoms with van der Waals surface area (Å²) in [6.07, 6.45) is 0. The van der Waals surface area contributed by atoms with Gasteiger partial charge in [-0.15, -0.1) is 11.3 Å². The molecule has 0 radical (unpaired) electrons. The van der Waals surface area contributed by atoms with Gasteiger partial charge in [0.15, 0.2) is 0 Å². The monoisotopic (exact) mass is 272 g/mol. The van der Waals surface area contributed by atoms with E-state index in [9.17, 15) is 4.79 Å². The topological polar surface area (TPSA) is 32.3 Å². The number of rotatable bonds is 4. The number of carbonyl (C=O) groups is 1. The highest BCUT2D eigenvalue weighted by molar-refractivity contribution is 7.16. The first-order valence-electron chi connectivity index (χ1n) is 5.78. The lowest BCUT2D eigenvalue weighted by Gasteiger charge is -2.33. The van der Waals surface area contributed by atoms with Crippen LogP contribution in [-0.4, -0.2) is 30.9 Å². The normalized spacial score (nSPS) is 17.6. The number of halogens is 1. The molecule has 1 aliphatic rings. The molecule has 2 heterocycles. The molecule has 1 N–H and O–H groups in total. The summed E-state index contributed by atoms with van der Waals surface area (Å²) >= 11 is 7.41. The maximum Gasteiger partial charge on any atom is 0.225 e. The van der Waals surface area contributed by atoms with E-state index in [1.165, 1.54) is 11.3 Å². The Balaban J connectivity index is 1.90. The van der Waals surface area contributed by atoms with Crippen molar-refractivity contribution < 1.29 is 4.79 Å². The Labute approximate surface area is 111 Å². The molecule has 1 aromatic heterocycles. The van der Waals surface area contributed by atoms with Crippen molar-refractivity contribution in [3.05, 3.63) is 21.3 Å². The molecule has 1 aromatic rings. The van der Waals surface area contributed by atoms with Gasteiger partial charge in [-0.1, -0.05) is 18.5 Å². The van der Waals surface area contributed by atoms with Crippen LogP contribution in [0.5, 0.6) is 0 Å². The van der Waals surface area contributed by atoms with Crippen molar-refractivity contribution in [3.8, 4) is 0 Å². The largest absolute Gasteiger partial charge is 0.340 e. The predicted octanol–water partition coefficient (Wildman–Crippen LogP) is 2.22. The van der Waals surface area contributed by atoms with Gasteiger partial charge in [-0.05, 0) is 31.1 Å². The van der Waals surface area contributed by atoms with E-state index in [2.05, 4.69) is 5.32 Å². The van der Waals surface area contributed by atoms with Crippen molar-refractivity contribution in [2.24, 2.45) is 11.8 Å². The van der Waals surface area contributed by atoms with Gasteiger partial charge in [0.1, 0.15) is 0 Å². The van der Waals surface area contributed by atoms with Crippen LogP contribution < -0.4 is 5.32 Å². The average molecular weight is 273 g/mol. The molecule has 1 atom stereocenters. The smallest absolute Gasteiger partial charge is 0.225 e.